The van der Waals surface area contributed by atoms with E-state index in [9.17, 15) is 4.79 Å². The van der Waals surface area contributed by atoms with E-state index >= 15 is 0 Å². The van der Waals surface area contributed by atoms with Gasteiger partial charge in [0.05, 0.1) is 0 Å². The molecule has 0 atom stereocenters. The summed E-state index contributed by atoms with van der Waals surface area (Å²) in [6.45, 7) is 0.727. The van der Waals surface area contributed by atoms with Gasteiger partial charge in [-0.25, -0.2) is 0 Å². The molecule has 1 fully saturated rings. The minimum absolute atomic E-state index is 0.0165. The zero-order chi connectivity index (χ0) is 13.1. The summed E-state index contributed by atoms with van der Waals surface area (Å²) >= 11 is 0. The third kappa shape index (κ3) is 2.53. The summed E-state index contributed by atoms with van der Waals surface area (Å²) in [5, 5.41) is 3.06. The number of benzene rings is 2. The normalized spacial score (nSPS) is 15.8. The Morgan fingerprint density at radius 1 is 0.947 bits per heavy atom. The van der Waals surface area contributed by atoms with Crippen molar-refractivity contribution in [2.24, 2.45) is 0 Å². The van der Waals surface area contributed by atoms with Crippen molar-refractivity contribution in [3.8, 4) is 0 Å². The summed E-state index contributed by atoms with van der Waals surface area (Å²) in [5.74, 6) is 0.0165. The maximum atomic E-state index is 12.0. The van der Waals surface area contributed by atoms with Crippen LogP contribution in [0.25, 0.3) is 0 Å². The van der Waals surface area contributed by atoms with Crippen molar-refractivity contribution in [3.63, 3.8) is 0 Å². The number of hydrogen-bond acceptors (Lipinski definition) is 1. The van der Waals surface area contributed by atoms with Crippen molar-refractivity contribution in [1.29, 1.82) is 0 Å². The predicted molar refractivity (Wildman–Crippen MR) is 76.1 cm³/mol. The van der Waals surface area contributed by atoms with Crippen LogP contribution in [0.1, 0.15) is 28.8 Å². The highest BCUT2D eigenvalue weighted by Crippen LogP contribution is 2.47. The van der Waals surface area contributed by atoms with Gasteiger partial charge in [-0.3, -0.25) is 4.79 Å². The number of carbonyl (C=O) groups excluding carboxylic acids is 1. The first-order valence-electron chi connectivity index (χ1n) is 6.69. The summed E-state index contributed by atoms with van der Waals surface area (Å²) in [6.07, 6.45) is 2.32. The summed E-state index contributed by atoms with van der Waals surface area (Å²) in [6, 6.07) is 19.9. The fourth-order valence-corrected chi connectivity index (χ4v) is 2.45. The van der Waals surface area contributed by atoms with E-state index in [0.29, 0.717) is 0 Å². The average Bonchev–Trinajstić information content (AvgIpc) is 3.28. The lowest BCUT2D eigenvalue weighted by atomic mass is 9.96. The van der Waals surface area contributed by atoms with Gasteiger partial charge in [-0.1, -0.05) is 48.5 Å². The van der Waals surface area contributed by atoms with E-state index in [1.165, 1.54) is 5.56 Å². The van der Waals surface area contributed by atoms with Gasteiger partial charge in [0.25, 0.3) is 5.91 Å². The van der Waals surface area contributed by atoms with Crippen LogP contribution in [0, 0.1) is 0 Å². The predicted octanol–water partition coefficient (Wildman–Crippen LogP) is 3.15. The van der Waals surface area contributed by atoms with Crippen molar-refractivity contribution in [3.05, 3.63) is 71.8 Å². The molecule has 0 radical (unpaired) electrons. The molecule has 0 spiro atoms. The smallest absolute Gasteiger partial charge is 0.251 e. The van der Waals surface area contributed by atoms with Gasteiger partial charge in [0.15, 0.2) is 0 Å². The molecular formula is C17H17NO. The number of nitrogens with one attached hydrogen (secondary N) is 1. The van der Waals surface area contributed by atoms with E-state index < -0.39 is 0 Å². The second-order valence-corrected chi connectivity index (χ2v) is 5.20. The highest BCUT2D eigenvalue weighted by Gasteiger charge is 2.44. The SMILES string of the molecule is O=C(NCC1(c2ccccc2)CC1)c1ccccc1. The first kappa shape index (κ1) is 12.0. The summed E-state index contributed by atoms with van der Waals surface area (Å²) < 4.78 is 0. The quantitative estimate of drug-likeness (QED) is 0.888. The third-order valence-corrected chi connectivity index (χ3v) is 3.86. The average molecular weight is 251 g/mol. The van der Waals surface area contributed by atoms with Crippen molar-refractivity contribution in [2.45, 2.75) is 18.3 Å². The van der Waals surface area contributed by atoms with Crippen molar-refractivity contribution < 1.29 is 4.79 Å². The monoisotopic (exact) mass is 251 g/mol. The van der Waals surface area contributed by atoms with E-state index in [4.69, 9.17) is 0 Å². The fraction of sp³-hybridized carbons (Fsp3) is 0.235. The molecule has 2 aromatic carbocycles. The standard InChI is InChI=1S/C17H17NO/c19-16(14-7-3-1-4-8-14)18-13-17(11-12-17)15-9-5-2-6-10-15/h1-10H,11-13H2,(H,18,19). The molecular weight excluding hydrogens is 234 g/mol. The molecule has 1 aliphatic rings. The van der Waals surface area contributed by atoms with E-state index in [0.717, 1.165) is 24.9 Å². The number of carbonyl (C=O) groups is 1. The molecule has 1 aliphatic carbocycles. The van der Waals surface area contributed by atoms with Gasteiger partial charge in [-0.05, 0) is 30.5 Å². The lowest BCUT2D eigenvalue weighted by Crippen LogP contribution is -2.32. The molecule has 0 bridgehead atoms. The van der Waals surface area contributed by atoms with Crippen molar-refractivity contribution >= 4 is 5.91 Å². The molecule has 96 valence electrons. The van der Waals surface area contributed by atoms with Crippen LogP contribution in [-0.4, -0.2) is 12.5 Å². The Morgan fingerprint density at radius 3 is 2.11 bits per heavy atom. The molecule has 0 heterocycles. The first-order chi connectivity index (χ1) is 9.30. The second kappa shape index (κ2) is 4.88. The van der Waals surface area contributed by atoms with Gasteiger partial charge in [0, 0.05) is 17.5 Å². The topological polar surface area (TPSA) is 29.1 Å². The van der Waals surface area contributed by atoms with E-state index in [-0.39, 0.29) is 11.3 Å². The van der Waals surface area contributed by atoms with Crippen LogP contribution < -0.4 is 5.32 Å². The lowest BCUT2D eigenvalue weighted by molar-refractivity contribution is 0.0949. The van der Waals surface area contributed by atoms with Crippen LogP contribution >= 0.6 is 0 Å². The molecule has 1 saturated carbocycles. The first-order valence-corrected chi connectivity index (χ1v) is 6.69. The molecule has 2 aromatic rings. The second-order valence-electron chi connectivity index (χ2n) is 5.20. The van der Waals surface area contributed by atoms with Gasteiger partial charge < -0.3 is 5.32 Å². The molecule has 0 unspecified atom stereocenters. The minimum Gasteiger partial charge on any atom is -0.351 e. The van der Waals surface area contributed by atoms with Gasteiger partial charge >= 0.3 is 0 Å². The van der Waals surface area contributed by atoms with E-state index in [1.54, 1.807) is 0 Å². The Labute approximate surface area is 113 Å². The largest absolute Gasteiger partial charge is 0.351 e. The molecule has 1 amide bonds. The minimum atomic E-state index is 0.0165. The highest BCUT2D eigenvalue weighted by molar-refractivity contribution is 5.94. The molecule has 2 heteroatoms. The Bertz CT molecular complexity index is 558. The number of hydrogen-bond donors (Lipinski definition) is 1. The number of amides is 1. The summed E-state index contributed by atoms with van der Waals surface area (Å²) in [7, 11) is 0. The molecule has 2 nitrogen and oxygen atoms in total. The maximum absolute atomic E-state index is 12.0. The van der Waals surface area contributed by atoms with Crippen LogP contribution in [0.15, 0.2) is 60.7 Å². The van der Waals surface area contributed by atoms with Gasteiger partial charge in [0.1, 0.15) is 0 Å². The van der Waals surface area contributed by atoms with Crippen LogP contribution in [0.5, 0.6) is 0 Å². The Morgan fingerprint density at radius 2 is 1.53 bits per heavy atom. The summed E-state index contributed by atoms with van der Waals surface area (Å²) in [4.78, 5) is 12.0. The zero-order valence-electron chi connectivity index (χ0n) is 10.8. The molecule has 0 saturated heterocycles. The third-order valence-electron chi connectivity index (χ3n) is 3.86. The molecule has 3 rings (SSSR count). The zero-order valence-corrected chi connectivity index (χ0v) is 10.8. The molecule has 0 aromatic heterocycles. The lowest BCUT2D eigenvalue weighted by Gasteiger charge is -2.16. The van der Waals surface area contributed by atoms with Crippen molar-refractivity contribution in [2.75, 3.05) is 6.54 Å². The summed E-state index contributed by atoms with van der Waals surface area (Å²) in [5.41, 5.74) is 2.24. The Kier molecular flexibility index (Phi) is 3.08. The van der Waals surface area contributed by atoms with E-state index in [2.05, 4.69) is 29.6 Å². The van der Waals surface area contributed by atoms with Gasteiger partial charge in [-0.15, -0.1) is 0 Å². The maximum Gasteiger partial charge on any atom is 0.251 e. The highest BCUT2D eigenvalue weighted by atomic mass is 16.1. The van der Waals surface area contributed by atoms with Crippen molar-refractivity contribution in [1.82, 2.24) is 5.32 Å². The van der Waals surface area contributed by atoms with Crippen LogP contribution in [0.2, 0.25) is 0 Å². The molecule has 19 heavy (non-hydrogen) atoms. The molecule has 1 N–H and O–H groups in total. The Hall–Kier alpha value is -2.09. The number of rotatable bonds is 4. The Balaban J connectivity index is 1.66. The van der Waals surface area contributed by atoms with Crippen LogP contribution in [0.4, 0.5) is 0 Å². The van der Waals surface area contributed by atoms with Crippen LogP contribution in [0.3, 0.4) is 0 Å². The van der Waals surface area contributed by atoms with Crippen LogP contribution in [-0.2, 0) is 5.41 Å². The van der Waals surface area contributed by atoms with Gasteiger partial charge in [-0.2, -0.15) is 0 Å². The van der Waals surface area contributed by atoms with Gasteiger partial charge in [0.2, 0.25) is 0 Å². The van der Waals surface area contributed by atoms with E-state index in [1.807, 2.05) is 36.4 Å². The fourth-order valence-electron chi connectivity index (χ4n) is 2.45. The molecule has 0 aliphatic heterocycles.